The summed E-state index contributed by atoms with van der Waals surface area (Å²) in [5, 5.41) is 3.40. The van der Waals surface area contributed by atoms with Gasteiger partial charge >= 0.3 is 0 Å². The smallest absolute Gasteiger partial charge is 0.258 e. The molecule has 0 spiro atoms. The van der Waals surface area contributed by atoms with Crippen molar-refractivity contribution in [2.75, 3.05) is 5.32 Å². The van der Waals surface area contributed by atoms with Gasteiger partial charge in [0.2, 0.25) is 5.91 Å². The lowest BCUT2D eigenvalue weighted by Crippen LogP contribution is -2.16. The second-order valence-corrected chi connectivity index (χ2v) is 6.13. The van der Waals surface area contributed by atoms with Crippen LogP contribution in [0.15, 0.2) is 47.3 Å². The number of carbonyl (C=O) groups is 1. The monoisotopic (exact) mass is 347 g/mol. The summed E-state index contributed by atoms with van der Waals surface area (Å²) in [4.78, 5) is 38.9. The molecule has 7 heteroatoms. The van der Waals surface area contributed by atoms with E-state index in [1.807, 2.05) is 31.2 Å². The zero-order valence-corrected chi connectivity index (χ0v) is 14.2. The molecule has 0 saturated carbocycles. The van der Waals surface area contributed by atoms with Crippen molar-refractivity contribution >= 4 is 33.5 Å². The normalized spacial score (nSPS) is 11.1. The number of rotatable bonds is 4. The Balaban J connectivity index is 1.45. The molecule has 26 heavy (non-hydrogen) atoms. The number of aromatic nitrogens is 4. The van der Waals surface area contributed by atoms with Crippen LogP contribution in [0, 0.1) is 6.92 Å². The highest BCUT2D eigenvalue weighted by atomic mass is 16.1. The van der Waals surface area contributed by atoms with Crippen molar-refractivity contribution in [1.29, 1.82) is 0 Å². The maximum Gasteiger partial charge on any atom is 0.258 e. The Morgan fingerprint density at radius 3 is 2.81 bits per heavy atom. The predicted octanol–water partition coefficient (Wildman–Crippen LogP) is 2.68. The van der Waals surface area contributed by atoms with Crippen molar-refractivity contribution < 1.29 is 4.79 Å². The summed E-state index contributed by atoms with van der Waals surface area (Å²) < 4.78 is 0. The van der Waals surface area contributed by atoms with Crippen LogP contribution in [0.4, 0.5) is 5.69 Å². The van der Waals surface area contributed by atoms with Gasteiger partial charge in [-0.25, -0.2) is 9.97 Å². The number of aryl methyl sites for hydroxylation is 2. The van der Waals surface area contributed by atoms with E-state index in [1.54, 1.807) is 18.2 Å². The highest BCUT2D eigenvalue weighted by molar-refractivity contribution is 5.93. The molecule has 2 aromatic heterocycles. The van der Waals surface area contributed by atoms with Crippen molar-refractivity contribution in [3.8, 4) is 0 Å². The molecule has 2 aromatic carbocycles. The van der Waals surface area contributed by atoms with Crippen molar-refractivity contribution in [1.82, 2.24) is 19.9 Å². The molecule has 3 N–H and O–H groups in total. The van der Waals surface area contributed by atoms with Crippen LogP contribution in [0.3, 0.4) is 0 Å². The maximum atomic E-state index is 12.2. The third kappa shape index (κ3) is 3.19. The Hall–Kier alpha value is -3.48. The fourth-order valence-corrected chi connectivity index (χ4v) is 2.92. The highest BCUT2D eigenvalue weighted by Crippen LogP contribution is 2.17. The highest BCUT2D eigenvalue weighted by Gasteiger charge is 2.08. The van der Waals surface area contributed by atoms with E-state index in [0.29, 0.717) is 28.8 Å². The van der Waals surface area contributed by atoms with Gasteiger partial charge in [-0.1, -0.05) is 12.1 Å². The molecule has 7 nitrogen and oxygen atoms in total. The number of hydrogen-bond donors (Lipinski definition) is 3. The predicted molar refractivity (Wildman–Crippen MR) is 100 cm³/mol. The fourth-order valence-electron chi connectivity index (χ4n) is 2.92. The standard InChI is InChI=1S/C19H17N5O2/c1-11-20-15-7-6-12(10-16(15)21-11)22-18(25)9-8-17-23-14-5-3-2-4-13(14)19(26)24-17/h2-7,10H,8-9H2,1H3,(H,20,21)(H,22,25)(H,23,24,26). The van der Waals surface area contributed by atoms with E-state index in [2.05, 4.69) is 25.3 Å². The molecule has 0 bridgehead atoms. The molecule has 0 radical (unpaired) electrons. The summed E-state index contributed by atoms with van der Waals surface area (Å²) in [6.45, 7) is 1.88. The first-order valence-corrected chi connectivity index (χ1v) is 8.33. The average molecular weight is 347 g/mol. The largest absolute Gasteiger partial charge is 0.342 e. The van der Waals surface area contributed by atoms with Gasteiger partial charge in [-0.3, -0.25) is 9.59 Å². The molecular weight excluding hydrogens is 330 g/mol. The molecule has 0 unspecified atom stereocenters. The van der Waals surface area contributed by atoms with Crippen LogP contribution in [0.5, 0.6) is 0 Å². The number of hydrogen-bond acceptors (Lipinski definition) is 4. The Morgan fingerprint density at radius 1 is 1.08 bits per heavy atom. The summed E-state index contributed by atoms with van der Waals surface area (Å²) in [6, 6.07) is 12.7. The molecule has 0 fully saturated rings. The van der Waals surface area contributed by atoms with Crippen molar-refractivity contribution in [3.05, 3.63) is 64.5 Å². The van der Waals surface area contributed by atoms with Gasteiger partial charge in [0, 0.05) is 18.5 Å². The minimum absolute atomic E-state index is 0.142. The average Bonchev–Trinajstić information content (AvgIpc) is 2.99. The number of fused-ring (bicyclic) bond motifs is 2. The van der Waals surface area contributed by atoms with E-state index >= 15 is 0 Å². The van der Waals surface area contributed by atoms with Gasteiger partial charge in [0.05, 0.1) is 21.9 Å². The fraction of sp³-hybridized carbons (Fsp3) is 0.158. The minimum Gasteiger partial charge on any atom is -0.342 e. The first-order valence-electron chi connectivity index (χ1n) is 8.33. The molecule has 0 saturated heterocycles. The van der Waals surface area contributed by atoms with Crippen LogP contribution in [0.25, 0.3) is 21.9 Å². The Kier molecular flexibility index (Phi) is 3.96. The molecule has 4 rings (SSSR count). The first-order chi connectivity index (χ1) is 12.6. The van der Waals surface area contributed by atoms with E-state index in [1.165, 1.54) is 0 Å². The molecule has 2 heterocycles. The van der Waals surface area contributed by atoms with Crippen LogP contribution in [-0.2, 0) is 11.2 Å². The number of H-pyrrole nitrogens is 2. The van der Waals surface area contributed by atoms with Crippen LogP contribution in [-0.4, -0.2) is 25.8 Å². The second kappa shape index (κ2) is 6.44. The molecule has 0 aliphatic heterocycles. The molecule has 130 valence electrons. The van der Waals surface area contributed by atoms with E-state index in [-0.39, 0.29) is 17.9 Å². The number of nitrogens with one attached hydrogen (secondary N) is 3. The van der Waals surface area contributed by atoms with Crippen LogP contribution < -0.4 is 10.9 Å². The third-order valence-electron chi connectivity index (χ3n) is 4.13. The molecule has 4 aromatic rings. The lowest BCUT2D eigenvalue weighted by molar-refractivity contribution is -0.116. The van der Waals surface area contributed by atoms with Crippen LogP contribution >= 0.6 is 0 Å². The van der Waals surface area contributed by atoms with Crippen molar-refractivity contribution in [2.45, 2.75) is 19.8 Å². The molecule has 0 aliphatic carbocycles. The Bertz CT molecular complexity index is 1180. The quantitative estimate of drug-likeness (QED) is 0.528. The lowest BCUT2D eigenvalue weighted by Gasteiger charge is -2.06. The number of para-hydroxylation sites is 1. The van der Waals surface area contributed by atoms with Gasteiger partial charge in [-0.2, -0.15) is 0 Å². The van der Waals surface area contributed by atoms with Gasteiger partial charge in [0.1, 0.15) is 11.6 Å². The first kappa shape index (κ1) is 16.0. The van der Waals surface area contributed by atoms with Gasteiger partial charge in [0.15, 0.2) is 0 Å². The molecule has 0 aliphatic rings. The van der Waals surface area contributed by atoms with Crippen molar-refractivity contribution in [2.24, 2.45) is 0 Å². The number of carbonyl (C=O) groups excluding carboxylic acids is 1. The summed E-state index contributed by atoms with van der Waals surface area (Å²) in [7, 11) is 0. The number of imidazole rings is 1. The lowest BCUT2D eigenvalue weighted by atomic mass is 10.2. The van der Waals surface area contributed by atoms with Gasteiger partial charge < -0.3 is 15.3 Å². The van der Waals surface area contributed by atoms with E-state index in [0.717, 1.165) is 16.9 Å². The number of amides is 1. The Labute approximate surface area is 148 Å². The van der Waals surface area contributed by atoms with Crippen LogP contribution in [0.1, 0.15) is 18.1 Å². The van der Waals surface area contributed by atoms with Gasteiger partial charge in [-0.05, 0) is 37.3 Å². The molecular formula is C19H17N5O2. The zero-order chi connectivity index (χ0) is 18.1. The maximum absolute atomic E-state index is 12.2. The van der Waals surface area contributed by atoms with Crippen LogP contribution in [0.2, 0.25) is 0 Å². The number of benzene rings is 2. The summed E-state index contributed by atoms with van der Waals surface area (Å²) in [5.41, 5.74) is 2.88. The summed E-state index contributed by atoms with van der Waals surface area (Å²) in [6.07, 6.45) is 0.582. The minimum atomic E-state index is -0.189. The number of aromatic amines is 2. The number of anilines is 1. The molecule has 1 amide bonds. The second-order valence-electron chi connectivity index (χ2n) is 6.13. The Morgan fingerprint density at radius 2 is 1.92 bits per heavy atom. The zero-order valence-electron chi connectivity index (χ0n) is 14.2. The molecule has 0 atom stereocenters. The van der Waals surface area contributed by atoms with Gasteiger partial charge in [-0.15, -0.1) is 0 Å². The van der Waals surface area contributed by atoms with E-state index in [4.69, 9.17) is 0 Å². The topological polar surface area (TPSA) is 104 Å². The van der Waals surface area contributed by atoms with Gasteiger partial charge in [0.25, 0.3) is 5.56 Å². The summed E-state index contributed by atoms with van der Waals surface area (Å²) in [5.74, 6) is 1.19. The van der Waals surface area contributed by atoms with E-state index < -0.39 is 0 Å². The third-order valence-corrected chi connectivity index (χ3v) is 4.13. The van der Waals surface area contributed by atoms with Crippen molar-refractivity contribution in [3.63, 3.8) is 0 Å². The summed E-state index contributed by atoms with van der Waals surface area (Å²) >= 11 is 0. The number of nitrogens with zero attached hydrogens (tertiary/aromatic N) is 2. The van der Waals surface area contributed by atoms with E-state index in [9.17, 15) is 9.59 Å². The SMILES string of the molecule is Cc1nc2ccc(NC(=O)CCc3nc4ccccc4c(=O)[nH]3)cc2[nH]1.